The Morgan fingerprint density at radius 3 is 2.73 bits per heavy atom. The number of nitriles is 1. The molecule has 0 aromatic carbocycles. The van der Waals surface area contributed by atoms with Crippen molar-refractivity contribution in [1.82, 2.24) is 24.8 Å². The van der Waals surface area contributed by atoms with E-state index in [1.807, 2.05) is 12.3 Å². The van der Waals surface area contributed by atoms with Gasteiger partial charge in [0.05, 0.1) is 29.7 Å². The minimum atomic E-state index is -0.0384. The van der Waals surface area contributed by atoms with Crippen molar-refractivity contribution < 1.29 is 5.11 Å². The van der Waals surface area contributed by atoms with Crippen LogP contribution >= 0.6 is 0 Å². The predicted octanol–water partition coefficient (Wildman–Crippen LogP) is 2.84. The first kappa shape index (κ1) is 22.6. The maximum absolute atomic E-state index is 9.43. The number of likely N-dealkylation sites (tertiary alicyclic amines) is 1. The number of aliphatic hydroxyl groups is 1. The molecule has 33 heavy (non-hydrogen) atoms. The van der Waals surface area contributed by atoms with E-state index in [-0.39, 0.29) is 6.61 Å². The van der Waals surface area contributed by atoms with Gasteiger partial charge in [-0.25, -0.2) is 15.0 Å². The van der Waals surface area contributed by atoms with Crippen LogP contribution < -0.4 is 10.6 Å². The van der Waals surface area contributed by atoms with E-state index in [1.165, 1.54) is 12.8 Å². The molecule has 0 atom stereocenters. The highest BCUT2D eigenvalue weighted by atomic mass is 16.3. The zero-order chi connectivity index (χ0) is 23.0. The number of pyridine rings is 2. The van der Waals surface area contributed by atoms with E-state index in [0.29, 0.717) is 41.0 Å². The molecule has 170 valence electrons. The lowest BCUT2D eigenvalue weighted by atomic mass is 9.92. The molecule has 0 unspecified atom stereocenters. The highest BCUT2D eigenvalue weighted by molar-refractivity contribution is 5.66. The second kappa shape index (κ2) is 10.8. The van der Waals surface area contributed by atoms with Gasteiger partial charge in [-0.15, -0.1) is 0 Å². The quantitative estimate of drug-likeness (QED) is 0.481. The number of anilines is 3. The van der Waals surface area contributed by atoms with Crippen molar-refractivity contribution in [1.29, 1.82) is 5.26 Å². The molecule has 0 saturated carbocycles. The van der Waals surface area contributed by atoms with E-state index in [0.717, 1.165) is 30.9 Å². The van der Waals surface area contributed by atoms with Gasteiger partial charge in [0.2, 0.25) is 5.95 Å². The second-order valence-corrected chi connectivity index (χ2v) is 8.26. The van der Waals surface area contributed by atoms with Gasteiger partial charge in [-0.2, -0.15) is 5.26 Å². The maximum Gasteiger partial charge on any atom is 0.227 e. The summed E-state index contributed by atoms with van der Waals surface area (Å²) in [4.78, 5) is 20.2. The number of nitrogens with one attached hydrogen (secondary N) is 2. The summed E-state index contributed by atoms with van der Waals surface area (Å²) in [5.74, 6) is 1.58. The lowest BCUT2D eigenvalue weighted by Crippen LogP contribution is -2.31. The summed E-state index contributed by atoms with van der Waals surface area (Å²) in [5.41, 5.74) is 3.67. The van der Waals surface area contributed by atoms with Crippen LogP contribution in [0.2, 0.25) is 0 Å². The minimum absolute atomic E-state index is 0.0384. The van der Waals surface area contributed by atoms with Crippen molar-refractivity contribution in [3.05, 3.63) is 54.1 Å². The molecule has 9 nitrogen and oxygen atoms in total. The van der Waals surface area contributed by atoms with Gasteiger partial charge in [0.15, 0.2) is 0 Å². The minimum Gasteiger partial charge on any atom is -0.395 e. The Bertz CT molecular complexity index is 1100. The molecule has 0 bridgehead atoms. The maximum atomic E-state index is 9.43. The third-order valence-electron chi connectivity index (χ3n) is 5.78. The highest BCUT2D eigenvalue weighted by Crippen LogP contribution is 2.24. The lowest BCUT2D eigenvalue weighted by molar-refractivity contribution is 0.218. The zero-order valence-corrected chi connectivity index (χ0v) is 18.7. The van der Waals surface area contributed by atoms with Crippen molar-refractivity contribution in [3.63, 3.8) is 0 Å². The van der Waals surface area contributed by atoms with Crippen LogP contribution in [-0.4, -0.2) is 63.2 Å². The Balaban J connectivity index is 1.42. The molecule has 0 aliphatic carbocycles. The Morgan fingerprint density at radius 1 is 1.15 bits per heavy atom. The molecule has 9 heteroatoms. The van der Waals surface area contributed by atoms with Crippen molar-refractivity contribution in [2.24, 2.45) is 5.92 Å². The van der Waals surface area contributed by atoms with Crippen molar-refractivity contribution in [2.75, 3.05) is 43.9 Å². The van der Waals surface area contributed by atoms with E-state index >= 15 is 0 Å². The van der Waals surface area contributed by atoms with Crippen LogP contribution in [0.5, 0.6) is 0 Å². The fourth-order valence-corrected chi connectivity index (χ4v) is 3.90. The summed E-state index contributed by atoms with van der Waals surface area (Å²) >= 11 is 0. The van der Waals surface area contributed by atoms with E-state index in [4.69, 9.17) is 5.11 Å². The van der Waals surface area contributed by atoms with Gasteiger partial charge < -0.3 is 20.6 Å². The molecule has 4 rings (SSSR count). The molecule has 1 aliphatic rings. The van der Waals surface area contributed by atoms with Crippen LogP contribution in [0.3, 0.4) is 0 Å². The van der Waals surface area contributed by atoms with Crippen molar-refractivity contribution in [2.45, 2.75) is 19.3 Å². The van der Waals surface area contributed by atoms with Gasteiger partial charge in [0.1, 0.15) is 11.9 Å². The topological polar surface area (TPSA) is 123 Å². The summed E-state index contributed by atoms with van der Waals surface area (Å²) in [5, 5.41) is 24.5. The number of piperidine rings is 1. The molecule has 3 N–H and O–H groups in total. The van der Waals surface area contributed by atoms with Gasteiger partial charge in [0.25, 0.3) is 0 Å². The lowest BCUT2D eigenvalue weighted by Gasteiger charge is -2.28. The number of aliphatic hydroxyl groups excluding tert-OH is 1. The number of aromatic nitrogens is 4. The van der Waals surface area contributed by atoms with Gasteiger partial charge in [0, 0.05) is 30.2 Å². The average Bonchev–Trinajstić information content (AvgIpc) is 2.85. The van der Waals surface area contributed by atoms with E-state index in [1.54, 1.807) is 24.5 Å². The van der Waals surface area contributed by atoms with Gasteiger partial charge in [-0.05, 0) is 69.6 Å². The third-order valence-corrected chi connectivity index (χ3v) is 5.78. The Hall–Kier alpha value is -3.61. The summed E-state index contributed by atoms with van der Waals surface area (Å²) in [7, 11) is 2.18. The first-order chi connectivity index (χ1) is 16.1. The summed E-state index contributed by atoms with van der Waals surface area (Å²) in [6.45, 7) is 2.60. The SMILES string of the molecule is CN1CCC(Cc2ccc(Nc3nccc(-c4cnc(NCCO)c(C#N)c4)n3)cn2)CC1. The number of rotatable bonds is 8. The Kier molecular flexibility index (Phi) is 7.40. The van der Waals surface area contributed by atoms with Crippen molar-refractivity contribution in [3.8, 4) is 17.3 Å². The third kappa shape index (κ3) is 6.00. The highest BCUT2D eigenvalue weighted by Gasteiger charge is 2.17. The summed E-state index contributed by atoms with van der Waals surface area (Å²) < 4.78 is 0. The molecular weight excluding hydrogens is 416 g/mol. The zero-order valence-electron chi connectivity index (χ0n) is 18.7. The fraction of sp³-hybridized carbons (Fsp3) is 0.375. The molecule has 1 aliphatic heterocycles. The molecule has 4 heterocycles. The van der Waals surface area contributed by atoms with Crippen LogP contribution in [0.25, 0.3) is 11.3 Å². The predicted molar refractivity (Wildman–Crippen MR) is 127 cm³/mol. The molecule has 1 saturated heterocycles. The molecule has 3 aromatic rings. The molecule has 0 spiro atoms. The second-order valence-electron chi connectivity index (χ2n) is 8.26. The normalized spacial score (nSPS) is 14.6. The van der Waals surface area contributed by atoms with Gasteiger partial charge in [-0.1, -0.05) is 0 Å². The monoisotopic (exact) mass is 444 g/mol. The fourth-order valence-electron chi connectivity index (χ4n) is 3.90. The van der Waals surface area contributed by atoms with Gasteiger partial charge >= 0.3 is 0 Å². The van der Waals surface area contributed by atoms with Crippen LogP contribution in [0.4, 0.5) is 17.5 Å². The Morgan fingerprint density at radius 2 is 2.00 bits per heavy atom. The largest absolute Gasteiger partial charge is 0.395 e. The van der Waals surface area contributed by atoms with Gasteiger partial charge in [-0.3, -0.25) is 4.98 Å². The van der Waals surface area contributed by atoms with Crippen LogP contribution in [0.1, 0.15) is 24.1 Å². The van der Waals surface area contributed by atoms with E-state index in [9.17, 15) is 5.26 Å². The number of hydrogen-bond acceptors (Lipinski definition) is 9. The molecule has 0 amide bonds. The van der Waals surface area contributed by atoms with Crippen LogP contribution in [0, 0.1) is 17.2 Å². The molecule has 0 radical (unpaired) electrons. The standard InChI is InChI=1S/C24H28N8O/c1-32-9-5-17(6-10-32)12-20-2-3-21(16-28-20)30-24-27-7-4-22(31-24)19-13-18(14-25)23(29-15-19)26-8-11-33/h2-4,7,13,15-17,33H,5-6,8-12H2,1H3,(H,26,29)(H,27,30,31). The number of nitrogens with zero attached hydrogens (tertiary/aromatic N) is 6. The number of hydrogen-bond donors (Lipinski definition) is 3. The Labute approximate surface area is 193 Å². The molecule has 1 fully saturated rings. The average molecular weight is 445 g/mol. The van der Waals surface area contributed by atoms with Crippen LogP contribution in [0.15, 0.2) is 42.9 Å². The van der Waals surface area contributed by atoms with E-state index in [2.05, 4.69) is 54.7 Å². The summed E-state index contributed by atoms with van der Waals surface area (Å²) in [6.07, 6.45) is 8.58. The summed E-state index contributed by atoms with van der Waals surface area (Å²) in [6, 6.07) is 9.69. The van der Waals surface area contributed by atoms with E-state index < -0.39 is 0 Å². The first-order valence-corrected chi connectivity index (χ1v) is 11.1. The smallest absolute Gasteiger partial charge is 0.227 e. The van der Waals surface area contributed by atoms with Crippen LogP contribution in [-0.2, 0) is 6.42 Å². The molecular formula is C24H28N8O. The molecule has 3 aromatic heterocycles. The van der Waals surface area contributed by atoms with Crippen molar-refractivity contribution >= 4 is 17.5 Å². The first-order valence-electron chi connectivity index (χ1n) is 11.1.